The minimum atomic E-state index is -0.435. The third-order valence-electron chi connectivity index (χ3n) is 3.76. The van der Waals surface area contributed by atoms with Gasteiger partial charge in [0, 0.05) is 22.0 Å². The lowest BCUT2D eigenvalue weighted by Gasteiger charge is -2.23. The van der Waals surface area contributed by atoms with E-state index in [2.05, 4.69) is 26.2 Å². The molecule has 1 aliphatic heterocycles. The number of nitrogens with one attached hydrogen (secondary N) is 1. The van der Waals surface area contributed by atoms with Gasteiger partial charge in [-0.1, -0.05) is 15.9 Å². The summed E-state index contributed by atoms with van der Waals surface area (Å²) in [7, 11) is 0. The molecular weight excluding hydrogens is 378 g/mol. The molecule has 120 valence electrons. The first-order valence-corrected chi connectivity index (χ1v) is 9.01. The van der Waals surface area contributed by atoms with Crippen LogP contribution in [0, 0.1) is 6.92 Å². The Bertz CT molecular complexity index is 729. The second kappa shape index (κ2) is 6.80. The Hall–Kier alpha value is -1.73. The van der Waals surface area contributed by atoms with Gasteiger partial charge < -0.3 is 10.2 Å². The molecule has 5 nitrogen and oxygen atoms in total. The molecule has 0 aliphatic carbocycles. The van der Waals surface area contributed by atoms with Gasteiger partial charge in [-0.05, 0) is 44.0 Å². The number of amides is 2. The molecule has 1 aromatic carbocycles. The molecule has 7 heteroatoms. The van der Waals surface area contributed by atoms with Crippen LogP contribution in [-0.2, 0) is 4.79 Å². The van der Waals surface area contributed by atoms with E-state index in [1.165, 1.54) is 11.3 Å². The fourth-order valence-electron chi connectivity index (χ4n) is 2.64. The average Bonchev–Trinajstić information content (AvgIpc) is 3.16. The van der Waals surface area contributed by atoms with E-state index in [4.69, 9.17) is 0 Å². The van der Waals surface area contributed by atoms with Gasteiger partial charge in [0.25, 0.3) is 5.91 Å². The fraction of sp³-hybridized carbons (Fsp3) is 0.312. The molecular formula is C16H16BrN3O2S. The van der Waals surface area contributed by atoms with Gasteiger partial charge in [0.2, 0.25) is 5.91 Å². The maximum absolute atomic E-state index is 12.6. The lowest BCUT2D eigenvalue weighted by Crippen LogP contribution is -2.43. The maximum Gasteiger partial charge on any atom is 0.254 e. The second-order valence-corrected chi connectivity index (χ2v) is 7.22. The van der Waals surface area contributed by atoms with Crippen molar-refractivity contribution in [2.45, 2.75) is 25.8 Å². The van der Waals surface area contributed by atoms with Crippen LogP contribution in [0.2, 0.25) is 0 Å². The van der Waals surface area contributed by atoms with E-state index >= 15 is 0 Å². The van der Waals surface area contributed by atoms with E-state index < -0.39 is 6.04 Å². The first-order valence-electron chi connectivity index (χ1n) is 7.34. The van der Waals surface area contributed by atoms with Gasteiger partial charge in [-0.3, -0.25) is 9.59 Å². The predicted molar refractivity (Wildman–Crippen MR) is 93.7 cm³/mol. The molecule has 23 heavy (non-hydrogen) atoms. The van der Waals surface area contributed by atoms with Gasteiger partial charge in [0.05, 0.1) is 5.69 Å². The Morgan fingerprint density at radius 2 is 2.09 bits per heavy atom. The van der Waals surface area contributed by atoms with E-state index in [1.807, 2.05) is 24.4 Å². The molecule has 1 fully saturated rings. The van der Waals surface area contributed by atoms with Crippen LogP contribution in [0.25, 0.3) is 0 Å². The molecule has 1 aromatic heterocycles. The van der Waals surface area contributed by atoms with Gasteiger partial charge in [-0.15, -0.1) is 11.3 Å². The number of aromatic nitrogens is 1. The highest BCUT2D eigenvalue weighted by Crippen LogP contribution is 2.23. The van der Waals surface area contributed by atoms with Crippen molar-refractivity contribution in [2.24, 2.45) is 0 Å². The molecule has 2 amide bonds. The number of thiazole rings is 1. The van der Waals surface area contributed by atoms with Crippen molar-refractivity contribution in [1.82, 2.24) is 9.88 Å². The van der Waals surface area contributed by atoms with Gasteiger partial charge in [-0.2, -0.15) is 0 Å². The number of benzene rings is 1. The highest BCUT2D eigenvalue weighted by atomic mass is 79.9. The van der Waals surface area contributed by atoms with Crippen molar-refractivity contribution >= 4 is 44.2 Å². The van der Waals surface area contributed by atoms with Crippen molar-refractivity contribution < 1.29 is 9.59 Å². The van der Waals surface area contributed by atoms with Crippen molar-refractivity contribution in [3.63, 3.8) is 0 Å². The topological polar surface area (TPSA) is 62.3 Å². The summed E-state index contributed by atoms with van der Waals surface area (Å²) in [4.78, 5) is 31.0. The van der Waals surface area contributed by atoms with Crippen LogP contribution in [0.15, 0.2) is 34.1 Å². The van der Waals surface area contributed by atoms with Crippen LogP contribution in [0.1, 0.15) is 28.9 Å². The van der Waals surface area contributed by atoms with E-state index in [0.717, 1.165) is 16.6 Å². The number of hydrogen-bond acceptors (Lipinski definition) is 4. The van der Waals surface area contributed by atoms with Crippen LogP contribution in [0.3, 0.4) is 0 Å². The van der Waals surface area contributed by atoms with Crippen LogP contribution in [0.4, 0.5) is 5.13 Å². The predicted octanol–water partition coefficient (Wildman–Crippen LogP) is 3.46. The van der Waals surface area contributed by atoms with Crippen molar-refractivity contribution in [3.05, 3.63) is 45.4 Å². The van der Waals surface area contributed by atoms with Crippen molar-refractivity contribution in [3.8, 4) is 0 Å². The van der Waals surface area contributed by atoms with Crippen LogP contribution >= 0.6 is 27.3 Å². The van der Waals surface area contributed by atoms with Crippen LogP contribution in [-0.4, -0.2) is 34.3 Å². The number of anilines is 1. The van der Waals surface area contributed by atoms with E-state index in [-0.39, 0.29) is 11.8 Å². The number of nitrogens with zero attached hydrogens (tertiary/aromatic N) is 2. The van der Waals surface area contributed by atoms with Gasteiger partial charge in [-0.25, -0.2) is 4.98 Å². The molecule has 0 spiro atoms. The number of carbonyl (C=O) groups excluding carboxylic acids is 2. The summed E-state index contributed by atoms with van der Waals surface area (Å²) in [5.41, 5.74) is 1.47. The number of aryl methyl sites for hydroxylation is 1. The standard InChI is InChI=1S/C16H16BrN3O2S/c1-10-9-23-16(18-10)19-14(21)13-3-2-8-20(13)15(22)11-4-6-12(17)7-5-11/h4-7,9,13H,2-3,8H2,1H3,(H,18,19,21). The lowest BCUT2D eigenvalue weighted by atomic mass is 10.1. The summed E-state index contributed by atoms with van der Waals surface area (Å²) in [6.45, 7) is 2.48. The highest BCUT2D eigenvalue weighted by Gasteiger charge is 2.34. The molecule has 2 aromatic rings. The average molecular weight is 394 g/mol. The van der Waals surface area contributed by atoms with E-state index in [9.17, 15) is 9.59 Å². The van der Waals surface area contributed by atoms with Crippen molar-refractivity contribution in [2.75, 3.05) is 11.9 Å². The third kappa shape index (κ3) is 3.61. The van der Waals surface area contributed by atoms with E-state index in [0.29, 0.717) is 23.7 Å². The maximum atomic E-state index is 12.6. The summed E-state index contributed by atoms with van der Waals surface area (Å²) < 4.78 is 0.920. The molecule has 1 saturated heterocycles. The molecule has 0 saturated carbocycles. The first-order chi connectivity index (χ1) is 11.0. The zero-order chi connectivity index (χ0) is 16.4. The lowest BCUT2D eigenvalue weighted by molar-refractivity contribution is -0.119. The Morgan fingerprint density at radius 1 is 1.35 bits per heavy atom. The highest BCUT2D eigenvalue weighted by molar-refractivity contribution is 9.10. The summed E-state index contributed by atoms with van der Waals surface area (Å²) in [6.07, 6.45) is 1.51. The minimum absolute atomic E-state index is 0.106. The Balaban J connectivity index is 1.73. The normalized spacial score (nSPS) is 17.3. The molecule has 1 unspecified atom stereocenters. The number of likely N-dealkylation sites (tertiary alicyclic amines) is 1. The summed E-state index contributed by atoms with van der Waals surface area (Å²) >= 11 is 4.75. The van der Waals surface area contributed by atoms with Gasteiger partial charge >= 0.3 is 0 Å². The number of hydrogen-bond donors (Lipinski definition) is 1. The minimum Gasteiger partial charge on any atom is -0.327 e. The Labute approximate surface area is 146 Å². The summed E-state index contributed by atoms with van der Waals surface area (Å²) in [6, 6.07) is 6.76. The molecule has 0 radical (unpaired) electrons. The van der Waals surface area contributed by atoms with E-state index in [1.54, 1.807) is 17.0 Å². The Morgan fingerprint density at radius 3 is 2.74 bits per heavy atom. The smallest absolute Gasteiger partial charge is 0.254 e. The molecule has 0 bridgehead atoms. The van der Waals surface area contributed by atoms with Gasteiger partial charge in [0.15, 0.2) is 5.13 Å². The summed E-state index contributed by atoms with van der Waals surface area (Å²) in [5, 5.41) is 5.28. The molecule has 1 atom stereocenters. The molecule has 3 rings (SSSR count). The number of rotatable bonds is 3. The molecule has 1 aliphatic rings. The van der Waals surface area contributed by atoms with Crippen LogP contribution in [0.5, 0.6) is 0 Å². The third-order valence-corrected chi connectivity index (χ3v) is 5.16. The SMILES string of the molecule is Cc1csc(NC(=O)C2CCCN2C(=O)c2ccc(Br)cc2)n1. The quantitative estimate of drug-likeness (QED) is 0.868. The number of halogens is 1. The summed E-state index contributed by atoms with van der Waals surface area (Å²) in [5.74, 6) is -0.271. The first kappa shape index (κ1) is 16.1. The van der Waals surface area contributed by atoms with Gasteiger partial charge in [0.1, 0.15) is 6.04 Å². The fourth-order valence-corrected chi connectivity index (χ4v) is 3.60. The number of carbonyl (C=O) groups is 2. The second-order valence-electron chi connectivity index (χ2n) is 5.45. The molecule has 2 heterocycles. The monoisotopic (exact) mass is 393 g/mol. The largest absolute Gasteiger partial charge is 0.327 e. The Kier molecular flexibility index (Phi) is 4.77. The zero-order valence-electron chi connectivity index (χ0n) is 12.6. The van der Waals surface area contributed by atoms with Crippen LogP contribution < -0.4 is 5.32 Å². The van der Waals surface area contributed by atoms with Crippen molar-refractivity contribution in [1.29, 1.82) is 0 Å². The zero-order valence-corrected chi connectivity index (χ0v) is 15.0. The molecule has 1 N–H and O–H groups in total.